The molecule has 2 aromatic heterocycles. The number of carbonyl (C=O) groups is 1. The fourth-order valence-electron chi connectivity index (χ4n) is 2.66. The van der Waals surface area contributed by atoms with Crippen LogP contribution in [0.25, 0.3) is 16.9 Å². The summed E-state index contributed by atoms with van der Waals surface area (Å²) < 4.78 is 1.75. The number of nitrogens with one attached hydrogen (secondary N) is 1. The minimum absolute atomic E-state index is 0.0220. The first-order valence-corrected chi connectivity index (χ1v) is 8.33. The molecule has 0 spiro atoms. The molecule has 0 bridgehead atoms. The lowest BCUT2D eigenvalue weighted by Crippen LogP contribution is -2.30. The molecule has 0 saturated carbocycles. The van der Waals surface area contributed by atoms with Crippen LogP contribution >= 0.6 is 0 Å². The summed E-state index contributed by atoms with van der Waals surface area (Å²) in [6.45, 7) is 5.67. The Balaban J connectivity index is 2.01. The topological polar surface area (TPSA) is 79.5 Å². The van der Waals surface area contributed by atoms with E-state index in [0.717, 1.165) is 16.9 Å². The van der Waals surface area contributed by atoms with Crippen LogP contribution in [0.3, 0.4) is 0 Å². The number of benzene rings is 1. The number of aliphatic hydroxyl groups excluding tert-OH is 1. The standard InChI is InChI=1S/C19H22N4O2/c1-12(2)16(11-24)21-18-7-8-19-20-10-17(23(19)22-18)15-6-4-5-14(9-15)13(3)25/h4-10,12,16,24H,11H2,1-3H3,(H,21,22)/t16-/m1/s1. The van der Waals surface area contributed by atoms with E-state index in [-0.39, 0.29) is 24.3 Å². The lowest BCUT2D eigenvalue weighted by molar-refractivity contribution is 0.101. The minimum atomic E-state index is -0.0713. The van der Waals surface area contributed by atoms with Crippen molar-refractivity contribution in [1.82, 2.24) is 14.6 Å². The number of aromatic nitrogens is 3. The SMILES string of the molecule is CC(=O)c1cccc(-c2cnc3ccc(N[C@H](CO)C(C)C)nn23)c1. The van der Waals surface area contributed by atoms with E-state index in [0.29, 0.717) is 11.4 Å². The molecule has 0 fully saturated rings. The Bertz CT molecular complexity index is 901. The third kappa shape index (κ3) is 3.53. The van der Waals surface area contributed by atoms with Crippen LogP contribution in [0, 0.1) is 5.92 Å². The minimum Gasteiger partial charge on any atom is -0.394 e. The molecular formula is C19H22N4O2. The summed E-state index contributed by atoms with van der Waals surface area (Å²) in [4.78, 5) is 16.0. The first-order chi connectivity index (χ1) is 12.0. The Labute approximate surface area is 146 Å². The summed E-state index contributed by atoms with van der Waals surface area (Å²) in [5.41, 5.74) is 3.07. The maximum absolute atomic E-state index is 11.6. The monoisotopic (exact) mass is 338 g/mol. The molecule has 0 aliphatic heterocycles. The van der Waals surface area contributed by atoms with Crippen molar-refractivity contribution in [1.29, 1.82) is 0 Å². The number of nitrogens with zero attached hydrogens (tertiary/aromatic N) is 3. The number of Topliss-reactive ketones (excluding diaryl/α,β-unsaturated/α-hetero) is 1. The average Bonchev–Trinajstić information content (AvgIpc) is 3.02. The highest BCUT2D eigenvalue weighted by atomic mass is 16.3. The van der Waals surface area contributed by atoms with E-state index in [4.69, 9.17) is 0 Å². The number of carbonyl (C=O) groups excluding carboxylic acids is 1. The zero-order valence-electron chi connectivity index (χ0n) is 14.6. The number of rotatable bonds is 6. The molecule has 0 amide bonds. The summed E-state index contributed by atoms with van der Waals surface area (Å²) in [5, 5.41) is 17.4. The van der Waals surface area contributed by atoms with Gasteiger partial charge in [-0.15, -0.1) is 5.10 Å². The maximum atomic E-state index is 11.6. The van der Waals surface area contributed by atoms with Crippen LogP contribution in [0.15, 0.2) is 42.6 Å². The van der Waals surface area contributed by atoms with Crippen LogP contribution in [0.1, 0.15) is 31.1 Å². The van der Waals surface area contributed by atoms with Crippen molar-refractivity contribution in [3.8, 4) is 11.3 Å². The van der Waals surface area contributed by atoms with Crippen LogP contribution in [-0.4, -0.2) is 38.1 Å². The largest absolute Gasteiger partial charge is 0.394 e. The average molecular weight is 338 g/mol. The number of ketones is 1. The molecule has 25 heavy (non-hydrogen) atoms. The van der Waals surface area contributed by atoms with Gasteiger partial charge in [-0.1, -0.05) is 32.0 Å². The Morgan fingerprint density at radius 3 is 2.76 bits per heavy atom. The number of fused-ring (bicyclic) bond motifs is 1. The van der Waals surface area contributed by atoms with Crippen molar-refractivity contribution in [3.63, 3.8) is 0 Å². The lowest BCUT2D eigenvalue weighted by atomic mass is 10.1. The van der Waals surface area contributed by atoms with Crippen LogP contribution in [0.2, 0.25) is 0 Å². The molecule has 1 aromatic carbocycles. The molecule has 2 N–H and O–H groups in total. The summed E-state index contributed by atoms with van der Waals surface area (Å²) >= 11 is 0. The molecule has 0 aliphatic carbocycles. The zero-order valence-corrected chi connectivity index (χ0v) is 14.6. The molecule has 0 aliphatic rings. The molecule has 6 heteroatoms. The van der Waals surface area contributed by atoms with Crippen molar-refractivity contribution in [2.24, 2.45) is 5.92 Å². The second-order valence-electron chi connectivity index (χ2n) is 6.45. The van der Waals surface area contributed by atoms with Crippen LogP contribution in [0.5, 0.6) is 0 Å². The Kier molecular flexibility index (Phi) is 4.81. The third-order valence-electron chi connectivity index (χ3n) is 4.26. The highest BCUT2D eigenvalue weighted by Gasteiger charge is 2.14. The van der Waals surface area contributed by atoms with Gasteiger partial charge < -0.3 is 10.4 Å². The molecule has 0 radical (unpaired) electrons. The number of hydrogen-bond donors (Lipinski definition) is 2. The van der Waals surface area contributed by atoms with E-state index < -0.39 is 0 Å². The van der Waals surface area contributed by atoms with Gasteiger partial charge in [0.25, 0.3) is 0 Å². The van der Waals surface area contributed by atoms with Gasteiger partial charge >= 0.3 is 0 Å². The second kappa shape index (κ2) is 7.03. The molecule has 6 nitrogen and oxygen atoms in total. The number of hydrogen-bond acceptors (Lipinski definition) is 5. The second-order valence-corrected chi connectivity index (χ2v) is 6.45. The molecule has 2 heterocycles. The van der Waals surface area contributed by atoms with E-state index in [2.05, 4.69) is 15.4 Å². The van der Waals surface area contributed by atoms with Crippen LogP contribution in [0.4, 0.5) is 5.82 Å². The van der Waals surface area contributed by atoms with Crippen molar-refractivity contribution in [2.45, 2.75) is 26.8 Å². The van der Waals surface area contributed by atoms with E-state index in [1.807, 2.05) is 44.2 Å². The highest BCUT2D eigenvalue weighted by molar-refractivity contribution is 5.95. The fraction of sp³-hybridized carbons (Fsp3) is 0.316. The van der Waals surface area contributed by atoms with Crippen molar-refractivity contribution >= 4 is 17.2 Å². The molecule has 3 aromatic rings. The van der Waals surface area contributed by atoms with Gasteiger partial charge in [-0.25, -0.2) is 9.50 Å². The molecule has 1 atom stereocenters. The number of anilines is 1. The van der Waals surface area contributed by atoms with Gasteiger partial charge in [0.15, 0.2) is 11.4 Å². The molecule has 130 valence electrons. The van der Waals surface area contributed by atoms with Gasteiger partial charge in [-0.05, 0) is 31.0 Å². The van der Waals surface area contributed by atoms with E-state index in [1.165, 1.54) is 0 Å². The first-order valence-electron chi connectivity index (χ1n) is 8.33. The molecule has 0 unspecified atom stereocenters. The van der Waals surface area contributed by atoms with Crippen molar-refractivity contribution < 1.29 is 9.90 Å². The fourth-order valence-corrected chi connectivity index (χ4v) is 2.66. The van der Waals surface area contributed by atoms with Gasteiger partial charge in [-0.2, -0.15) is 0 Å². The van der Waals surface area contributed by atoms with Gasteiger partial charge in [-0.3, -0.25) is 4.79 Å². The van der Waals surface area contributed by atoms with E-state index in [9.17, 15) is 9.90 Å². The van der Waals surface area contributed by atoms with Gasteiger partial charge in [0.05, 0.1) is 24.5 Å². The van der Waals surface area contributed by atoms with Crippen molar-refractivity contribution in [2.75, 3.05) is 11.9 Å². The predicted molar refractivity (Wildman–Crippen MR) is 97.8 cm³/mol. The Hall–Kier alpha value is -2.73. The summed E-state index contributed by atoms with van der Waals surface area (Å²) in [6, 6.07) is 11.1. The summed E-state index contributed by atoms with van der Waals surface area (Å²) in [7, 11) is 0. The van der Waals surface area contributed by atoms with Gasteiger partial charge in [0, 0.05) is 11.1 Å². The van der Waals surface area contributed by atoms with Gasteiger partial charge in [0.2, 0.25) is 0 Å². The number of aliphatic hydroxyl groups is 1. The van der Waals surface area contributed by atoms with E-state index >= 15 is 0 Å². The van der Waals surface area contributed by atoms with E-state index in [1.54, 1.807) is 23.7 Å². The predicted octanol–water partition coefficient (Wildman–Crippen LogP) is 3.03. The highest BCUT2D eigenvalue weighted by Crippen LogP contribution is 2.22. The Morgan fingerprint density at radius 2 is 2.08 bits per heavy atom. The zero-order chi connectivity index (χ0) is 18.0. The molecular weight excluding hydrogens is 316 g/mol. The molecule has 0 saturated heterocycles. The van der Waals surface area contributed by atoms with Crippen molar-refractivity contribution in [3.05, 3.63) is 48.2 Å². The third-order valence-corrected chi connectivity index (χ3v) is 4.26. The lowest BCUT2D eigenvalue weighted by Gasteiger charge is -2.20. The summed E-state index contributed by atoms with van der Waals surface area (Å²) in [5.74, 6) is 0.966. The normalized spacial score (nSPS) is 12.5. The quantitative estimate of drug-likeness (QED) is 0.675. The first kappa shape index (κ1) is 17.1. The van der Waals surface area contributed by atoms with Crippen LogP contribution in [-0.2, 0) is 0 Å². The maximum Gasteiger partial charge on any atom is 0.159 e. The van der Waals surface area contributed by atoms with Crippen LogP contribution < -0.4 is 5.32 Å². The summed E-state index contributed by atoms with van der Waals surface area (Å²) in [6.07, 6.45) is 1.75. The number of imidazole rings is 1. The Morgan fingerprint density at radius 1 is 1.28 bits per heavy atom. The smallest absolute Gasteiger partial charge is 0.159 e. The molecule has 3 rings (SSSR count). The van der Waals surface area contributed by atoms with Gasteiger partial charge in [0.1, 0.15) is 5.82 Å².